The standard InChI is InChI=1S/C13H15NO6/c1-19-7-2-8-20-12-5-4-11(14(17)18)9-10(12)3-6-13(15)16/h3-6,9H,2,7-8H2,1H3,(H,15,16)/b6-3+. The van der Waals surface area contributed by atoms with Gasteiger partial charge in [-0.1, -0.05) is 0 Å². The highest BCUT2D eigenvalue weighted by Gasteiger charge is 2.10. The fraction of sp³-hybridized carbons (Fsp3) is 0.308. The minimum atomic E-state index is -1.14. The molecule has 1 aromatic carbocycles. The molecule has 108 valence electrons. The van der Waals surface area contributed by atoms with Crippen molar-refractivity contribution in [2.45, 2.75) is 6.42 Å². The van der Waals surface area contributed by atoms with Crippen LogP contribution in [0.1, 0.15) is 12.0 Å². The SMILES string of the molecule is COCCCOc1ccc([N+](=O)[O-])cc1/C=C/C(=O)O. The molecule has 0 spiro atoms. The number of rotatable bonds is 8. The summed E-state index contributed by atoms with van der Waals surface area (Å²) < 4.78 is 10.3. The van der Waals surface area contributed by atoms with E-state index in [4.69, 9.17) is 14.6 Å². The lowest BCUT2D eigenvalue weighted by atomic mass is 10.1. The Bertz CT molecular complexity index is 512. The van der Waals surface area contributed by atoms with Gasteiger partial charge in [0.15, 0.2) is 0 Å². The van der Waals surface area contributed by atoms with Crippen molar-refractivity contribution >= 4 is 17.7 Å². The number of nitro groups is 1. The third-order valence-corrected chi connectivity index (χ3v) is 2.36. The second-order valence-corrected chi connectivity index (χ2v) is 3.85. The molecule has 0 aromatic heterocycles. The number of carbonyl (C=O) groups is 1. The lowest BCUT2D eigenvalue weighted by molar-refractivity contribution is -0.384. The fourth-order valence-electron chi connectivity index (χ4n) is 1.46. The molecule has 1 aromatic rings. The second kappa shape index (κ2) is 7.90. The minimum Gasteiger partial charge on any atom is -0.493 e. The molecule has 0 amide bonds. The smallest absolute Gasteiger partial charge is 0.328 e. The van der Waals surface area contributed by atoms with Crippen LogP contribution < -0.4 is 4.74 Å². The number of nitro benzene ring substituents is 1. The van der Waals surface area contributed by atoms with E-state index in [0.29, 0.717) is 30.9 Å². The fourth-order valence-corrected chi connectivity index (χ4v) is 1.46. The second-order valence-electron chi connectivity index (χ2n) is 3.85. The summed E-state index contributed by atoms with van der Waals surface area (Å²) in [5.74, 6) is -0.744. The summed E-state index contributed by atoms with van der Waals surface area (Å²) in [7, 11) is 1.58. The van der Waals surface area contributed by atoms with E-state index in [2.05, 4.69) is 0 Å². The maximum absolute atomic E-state index is 10.7. The van der Waals surface area contributed by atoms with Crippen LogP contribution in [-0.2, 0) is 9.53 Å². The van der Waals surface area contributed by atoms with Crippen LogP contribution >= 0.6 is 0 Å². The van der Waals surface area contributed by atoms with Gasteiger partial charge < -0.3 is 14.6 Å². The third-order valence-electron chi connectivity index (χ3n) is 2.36. The van der Waals surface area contributed by atoms with E-state index in [1.165, 1.54) is 24.3 Å². The Hall–Kier alpha value is -2.41. The van der Waals surface area contributed by atoms with Gasteiger partial charge in [-0.05, 0) is 12.1 Å². The molecule has 0 bridgehead atoms. The van der Waals surface area contributed by atoms with E-state index in [9.17, 15) is 14.9 Å². The minimum absolute atomic E-state index is 0.126. The average Bonchev–Trinajstić information content (AvgIpc) is 2.41. The number of carboxylic acids is 1. The van der Waals surface area contributed by atoms with Gasteiger partial charge in [-0.15, -0.1) is 0 Å². The number of ether oxygens (including phenoxy) is 2. The molecule has 7 nitrogen and oxygen atoms in total. The maximum Gasteiger partial charge on any atom is 0.328 e. The van der Waals surface area contributed by atoms with E-state index < -0.39 is 10.9 Å². The van der Waals surface area contributed by atoms with Crippen LogP contribution in [0.5, 0.6) is 5.75 Å². The number of hydrogen-bond acceptors (Lipinski definition) is 5. The molecule has 0 saturated heterocycles. The molecule has 0 atom stereocenters. The number of non-ortho nitro benzene ring substituents is 1. The summed E-state index contributed by atoms with van der Waals surface area (Å²) in [6.45, 7) is 0.910. The zero-order valence-electron chi connectivity index (χ0n) is 10.9. The number of methoxy groups -OCH3 is 1. The van der Waals surface area contributed by atoms with E-state index >= 15 is 0 Å². The number of nitrogens with zero attached hydrogens (tertiary/aromatic N) is 1. The van der Waals surface area contributed by atoms with E-state index in [-0.39, 0.29) is 5.69 Å². The van der Waals surface area contributed by atoms with Crippen molar-refractivity contribution in [2.24, 2.45) is 0 Å². The summed E-state index contributed by atoms with van der Waals surface area (Å²) in [5, 5.41) is 19.3. The van der Waals surface area contributed by atoms with Crippen LogP contribution in [0.15, 0.2) is 24.3 Å². The molecule has 1 rings (SSSR count). The monoisotopic (exact) mass is 281 g/mol. The summed E-state index contributed by atoms with van der Waals surface area (Å²) >= 11 is 0. The van der Waals surface area contributed by atoms with Crippen molar-refractivity contribution < 1.29 is 24.3 Å². The summed E-state index contributed by atoms with van der Waals surface area (Å²) in [6.07, 6.45) is 2.83. The Morgan fingerprint density at radius 2 is 2.20 bits per heavy atom. The number of carboxylic acid groups (broad SMARTS) is 1. The largest absolute Gasteiger partial charge is 0.493 e. The van der Waals surface area contributed by atoms with E-state index in [1.54, 1.807) is 7.11 Å². The number of hydrogen-bond donors (Lipinski definition) is 1. The first-order valence-electron chi connectivity index (χ1n) is 5.85. The highest BCUT2D eigenvalue weighted by molar-refractivity contribution is 5.86. The van der Waals surface area contributed by atoms with Gasteiger partial charge in [0.25, 0.3) is 5.69 Å². The number of aliphatic carboxylic acids is 1. The van der Waals surface area contributed by atoms with Crippen LogP contribution in [0, 0.1) is 10.1 Å². The Labute approximate surface area is 115 Å². The van der Waals surface area contributed by atoms with Crippen molar-refractivity contribution in [1.82, 2.24) is 0 Å². The summed E-state index contributed by atoms with van der Waals surface area (Å²) in [4.78, 5) is 20.7. The zero-order chi connectivity index (χ0) is 15.0. The first kappa shape index (κ1) is 15.6. The Morgan fingerprint density at radius 1 is 1.45 bits per heavy atom. The molecule has 0 aliphatic heterocycles. The van der Waals surface area contributed by atoms with E-state index in [1.807, 2.05) is 0 Å². The van der Waals surface area contributed by atoms with Crippen LogP contribution in [-0.4, -0.2) is 36.3 Å². The Morgan fingerprint density at radius 3 is 2.80 bits per heavy atom. The van der Waals surface area contributed by atoms with Gasteiger partial charge in [0.1, 0.15) is 5.75 Å². The lowest BCUT2D eigenvalue weighted by Crippen LogP contribution is -2.02. The molecule has 0 radical (unpaired) electrons. The van der Waals surface area contributed by atoms with Crippen molar-refractivity contribution in [3.8, 4) is 5.75 Å². The predicted octanol–water partition coefficient (Wildman–Crippen LogP) is 2.11. The predicted molar refractivity (Wildman–Crippen MR) is 71.8 cm³/mol. The summed E-state index contributed by atoms with van der Waals surface area (Å²) in [5.41, 5.74) is 0.221. The van der Waals surface area contributed by atoms with Gasteiger partial charge in [-0.25, -0.2) is 4.79 Å². The summed E-state index contributed by atoms with van der Waals surface area (Å²) in [6, 6.07) is 4.03. The maximum atomic E-state index is 10.7. The highest BCUT2D eigenvalue weighted by Crippen LogP contribution is 2.25. The zero-order valence-corrected chi connectivity index (χ0v) is 10.9. The van der Waals surface area contributed by atoms with Crippen LogP contribution in [0.4, 0.5) is 5.69 Å². The molecule has 0 fully saturated rings. The van der Waals surface area contributed by atoms with Crippen LogP contribution in [0.25, 0.3) is 6.08 Å². The molecule has 0 aliphatic rings. The average molecular weight is 281 g/mol. The van der Waals surface area contributed by atoms with Gasteiger partial charge in [-0.3, -0.25) is 10.1 Å². The molecular formula is C13H15NO6. The Kier molecular flexibility index (Phi) is 6.18. The molecular weight excluding hydrogens is 266 g/mol. The topological polar surface area (TPSA) is 98.9 Å². The van der Waals surface area contributed by atoms with Crippen molar-refractivity contribution in [1.29, 1.82) is 0 Å². The molecule has 0 aliphatic carbocycles. The quantitative estimate of drug-likeness (QED) is 0.339. The molecule has 0 heterocycles. The third kappa shape index (κ3) is 5.07. The lowest BCUT2D eigenvalue weighted by Gasteiger charge is -2.08. The molecule has 0 unspecified atom stereocenters. The van der Waals surface area contributed by atoms with Crippen molar-refractivity contribution in [2.75, 3.05) is 20.3 Å². The van der Waals surface area contributed by atoms with Gasteiger partial charge in [0, 0.05) is 43.9 Å². The van der Waals surface area contributed by atoms with Crippen LogP contribution in [0.3, 0.4) is 0 Å². The number of benzene rings is 1. The van der Waals surface area contributed by atoms with Gasteiger partial charge in [-0.2, -0.15) is 0 Å². The molecule has 20 heavy (non-hydrogen) atoms. The first-order chi connectivity index (χ1) is 9.54. The van der Waals surface area contributed by atoms with Gasteiger partial charge in [0.2, 0.25) is 0 Å². The molecule has 0 saturated carbocycles. The van der Waals surface area contributed by atoms with Crippen LogP contribution in [0.2, 0.25) is 0 Å². The van der Waals surface area contributed by atoms with E-state index in [0.717, 1.165) is 6.08 Å². The van der Waals surface area contributed by atoms with Gasteiger partial charge >= 0.3 is 5.97 Å². The first-order valence-corrected chi connectivity index (χ1v) is 5.85. The Balaban J connectivity index is 2.90. The highest BCUT2D eigenvalue weighted by atomic mass is 16.6. The molecule has 7 heteroatoms. The molecule has 1 N–H and O–H groups in total. The van der Waals surface area contributed by atoms with Crippen molar-refractivity contribution in [3.05, 3.63) is 40.0 Å². The van der Waals surface area contributed by atoms with Gasteiger partial charge in [0.05, 0.1) is 11.5 Å². The van der Waals surface area contributed by atoms with Crippen molar-refractivity contribution in [3.63, 3.8) is 0 Å². The normalized spacial score (nSPS) is 10.7.